The standard InChI is InChI=1S/C27H33FO3/c1-3-4-5-6-20-7-9-21(10-8-20)22-11-13-23(14-12-22)24-15-16-26(25(28)17-24)31-27(30)19(2)18-29/h3-4,11-17,20-21,27,29-30H,2,5-10,18H2,1H3/b4-3+. The number of hydrogen-bond donors (Lipinski definition) is 2. The zero-order valence-electron chi connectivity index (χ0n) is 18.3. The molecule has 4 heteroatoms. The van der Waals surface area contributed by atoms with Crippen molar-refractivity contribution in [1.29, 1.82) is 0 Å². The molecule has 166 valence electrons. The first kappa shape index (κ1) is 23.2. The molecule has 0 aromatic heterocycles. The maximum atomic E-state index is 14.4. The van der Waals surface area contributed by atoms with Crippen molar-refractivity contribution >= 4 is 0 Å². The average molecular weight is 425 g/mol. The maximum absolute atomic E-state index is 14.4. The Kier molecular flexibility index (Phi) is 8.44. The molecule has 0 spiro atoms. The number of rotatable bonds is 9. The molecule has 1 unspecified atom stereocenters. The van der Waals surface area contributed by atoms with E-state index in [0.717, 1.165) is 17.0 Å². The summed E-state index contributed by atoms with van der Waals surface area (Å²) < 4.78 is 19.6. The third-order valence-corrected chi connectivity index (χ3v) is 6.26. The first-order valence-corrected chi connectivity index (χ1v) is 11.2. The Morgan fingerprint density at radius 3 is 2.42 bits per heavy atom. The van der Waals surface area contributed by atoms with Crippen molar-refractivity contribution in [2.45, 2.75) is 57.7 Å². The summed E-state index contributed by atoms with van der Waals surface area (Å²) in [6.45, 7) is 5.14. The Labute approximate surface area is 184 Å². The van der Waals surface area contributed by atoms with Gasteiger partial charge in [-0.05, 0) is 86.1 Å². The van der Waals surface area contributed by atoms with Gasteiger partial charge in [0.1, 0.15) is 0 Å². The molecule has 1 fully saturated rings. The van der Waals surface area contributed by atoms with Gasteiger partial charge in [0.05, 0.1) is 6.61 Å². The third-order valence-electron chi connectivity index (χ3n) is 6.26. The largest absolute Gasteiger partial charge is 0.458 e. The van der Waals surface area contributed by atoms with E-state index in [9.17, 15) is 9.50 Å². The fourth-order valence-electron chi connectivity index (χ4n) is 4.29. The van der Waals surface area contributed by atoms with Crippen LogP contribution in [0.1, 0.15) is 56.9 Å². The highest BCUT2D eigenvalue weighted by Crippen LogP contribution is 2.38. The molecule has 3 nitrogen and oxygen atoms in total. The lowest BCUT2D eigenvalue weighted by Gasteiger charge is -2.28. The topological polar surface area (TPSA) is 49.7 Å². The van der Waals surface area contributed by atoms with Crippen molar-refractivity contribution in [3.8, 4) is 16.9 Å². The van der Waals surface area contributed by atoms with E-state index >= 15 is 0 Å². The fourth-order valence-corrected chi connectivity index (χ4v) is 4.29. The molecule has 0 saturated heterocycles. The number of benzene rings is 2. The molecule has 0 aliphatic heterocycles. The van der Waals surface area contributed by atoms with Crippen LogP contribution >= 0.6 is 0 Å². The number of halogens is 1. The van der Waals surface area contributed by atoms with Crippen LogP contribution in [0.3, 0.4) is 0 Å². The van der Waals surface area contributed by atoms with Crippen LogP contribution in [0, 0.1) is 11.7 Å². The summed E-state index contributed by atoms with van der Waals surface area (Å²) >= 11 is 0. The van der Waals surface area contributed by atoms with Gasteiger partial charge in [-0.2, -0.15) is 0 Å². The molecule has 2 aromatic rings. The van der Waals surface area contributed by atoms with Gasteiger partial charge in [0.2, 0.25) is 6.29 Å². The van der Waals surface area contributed by atoms with Crippen LogP contribution in [0.15, 0.2) is 66.8 Å². The molecule has 0 heterocycles. The van der Waals surface area contributed by atoms with Gasteiger partial charge in [0.25, 0.3) is 0 Å². The molecule has 2 aromatic carbocycles. The summed E-state index contributed by atoms with van der Waals surface area (Å²) in [5, 5.41) is 18.7. The van der Waals surface area contributed by atoms with Crippen molar-refractivity contribution < 1.29 is 19.3 Å². The van der Waals surface area contributed by atoms with Crippen LogP contribution in [0.5, 0.6) is 5.75 Å². The minimum atomic E-state index is -1.44. The second-order valence-corrected chi connectivity index (χ2v) is 8.42. The van der Waals surface area contributed by atoms with Crippen LogP contribution in [-0.4, -0.2) is 23.1 Å². The van der Waals surface area contributed by atoms with Gasteiger partial charge in [-0.3, -0.25) is 0 Å². The number of ether oxygens (including phenoxy) is 1. The highest BCUT2D eigenvalue weighted by molar-refractivity contribution is 5.64. The summed E-state index contributed by atoms with van der Waals surface area (Å²) in [5.41, 5.74) is 3.13. The van der Waals surface area contributed by atoms with Crippen LogP contribution in [0.2, 0.25) is 0 Å². The van der Waals surface area contributed by atoms with Gasteiger partial charge in [0, 0.05) is 5.57 Å². The Bertz CT molecular complexity index is 880. The lowest BCUT2D eigenvalue weighted by molar-refractivity contribution is 0.00466. The van der Waals surface area contributed by atoms with E-state index < -0.39 is 18.7 Å². The molecule has 31 heavy (non-hydrogen) atoms. The van der Waals surface area contributed by atoms with Gasteiger partial charge >= 0.3 is 0 Å². The lowest BCUT2D eigenvalue weighted by Crippen LogP contribution is -2.20. The molecular formula is C27H33FO3. The van der Waals surface area contributed by atoms with E-state index in [0.29, 0.717) is 5.92 Å². The quantitative estimate of drug-likeness (QED) is 0.363. The van der Waals surface area contributed by atoms with Gasteiger partial charge in [-0.25, -0.2) is 4.39 Å². The zero-order valence-corrected chi connectivity index (χ0v) is 18.3. The van der Waals surface area contributed by atoms with Gasteiger partial charge < -0.3 is 14.9 Å². The van der Waals surface area contributed by atoms with Crippen LogP contribution < -0.4 is 4.74 Å². The van der Waals surface area contributed by atoms with E-state index in [2.05, 4.69) is 37.8 Å². The van der Waals surface area contributed by atoms with Crippen LogP contribution in [-0.2, 0) is 0 Å². The fraction of sp³-hybridized carbons (Fsp3) is 0.407. The second kappa shape index (κ2) is 11.3. The van der Waals surface area contributed by atoms with Crippen molar-refractivity contribution in [2.24, 2.45) is 5.92 Å². The predicted octanol–water partition coefficient (Wildman–Crippen LogP) is 6.37. The summed E-state index contributed by atoms with van der Waals surface area (Å²) in [5.74, 6) is 0.820. The summed E-state index contributed by atoms with van der Waals surface area (Å²) in [7, 11) is 0. The lowest BCUT2D eigenvalue weighted by atomic mass is 9.77. The molecule has 1 aliphatic rings. The monoisotopic (exact) mass is 424 g/mol. The normalized spacial score (nSPS) is 20.0. The Hall–Kier alpha value is -2.43. The van der Waals surface area contributed by atoms with E-state index in [1.54, 1.807) is 6.07 Å². The Morgan fingerprint density at radius 2 is 1.81 bits per heavy atom. The van der Waals surface area contributed by atoms with Crippen LogP contribution in [0.25, 0.3) is 11.1 Å². The summed E-state index contributed by atoms with van der Waals surface area (Å²) in [4.78, 5) is 0. The summed E-state index contributed by atoms with van der Waals surface area (Å²) in [6, 6.07) is 13.1. The molecule has 3 rings (SSSR count). The Morgan fingerprint density at radius 1 is 1.13 bits per heavy atom. The zero-order chi connectivity index (χ0) is 22.2. The maximum Gasteiger partial charge on any atom is 0.222 e. The molecule has 1 aliphatic carbocycles. The predicted molar refractivity (Wildman–Crippen MR) is 123 cm³/mol. The Balaban J connectivity index is 1.60. The highest BCUT2D eigenvalue weighted by Gasteiger charge is 2.22. The number of hydrogen-bond acceptors (Lipinski definition) is 3. The second-order valence-electron chi connectivity index (χ2n) is 8.42. The van der Waals surface area contributed by atoms with Crippen molar-refractivity contribution in [2.75, 3.05) is 6.61 Å². The van der Waals surface area contributed by atoms with E-state index in [1.807, 2.05) is 12.1 Å². The molecule has 0 amide bonds. The molecule has 1 atom stereocenters. The van der Waals surface area contributed by atoms with Crippen molar-refractivity contribution in [3.05, 3.63) is 78.1 Å². The molecule has 0 bridgehead atoms. The number of aliphatic hydroxyl groups is 2. The van der Waals surface area contributed by atoms with E-state index in [4.69, 9.17) is 9.84 Å². The number of allylic oxidation sites excluding steroid dienone is 2. The van der Waals surface area contributed by atoms with Crippen LogP contribution in [0.4, 0.5) is 4.39 Å². The van der Waals surface area contributed by atoms with Crippen molar-refractivity contribution in [1.82, 2.24) is 0 Å². The first-order chi connectivity index (χ1) is 15.0. The minimum absolute atomic E-state index is 0.0749. The molecule has 2 N–H and O–H groups in total. The van der Waals surface area contributed by atoms with E-state index in [-0.39, 0.29) is 11.3 Å². The smallest absolute Gasteiger partial charge is 0.222 e. The molecule has 0 radical (unpaired) electrons. The number of aliphatic hydroxyl groups excluding tert-OH is 2. The van der Waals surface area contributed by atoms with Crippen molar-refractivity contribution in [3.63, 3.8) is 0 Å². The average Bonchev–Trinajstić information content (AvgIpc) is 2.80. The minimum Gasteiger partial charge on any atom is -0.458 e. The summed E-state index contributed by atoms with van der Waals surface area (Å²) in [6.07, 6.45) is 10.5. The van der Waals surface area contributed by atoms with Gasteiger partial charge in [-0.1, -0.05) is 49.1 Å². The van der Waals surface area contributed by atoms with Gasteiger partial charge in [-0.15, -0.1) is 0 Å². The molecule has 1 saturated carbocycles. The SMILES string of the molecule is C=C(CO)C(O)Oc1ccc(-c2ccc(C3CCC(CC/C=C/C)CC3)cc2)cc1F. The first-order valence-electron chi connectivity index (χ1n) is 11.2. The highest BCUT2D eigenvalue weighted by atomic mass is 19.1. The van der Waals surface area contributed by atoms with E-state index in [1.165, 1.54) is 56.2 Å². The molecular weight excluding hydrogens is 391 g/mol. The third kappa shape index (κ3) is 6.28. The van der Waals surface area contributed by atoms with Gasteiger partial charge in [0.15, 0.2) is 11.6 Å².